The Kier molecular flexibility index (Phi) is 7.84. The monoisotopic (exact) mass is 373 g/mol. The fourth-order valence-electron chi connectivity index (χ4n) is 3.69. The van der Waals surface area contributed by atoms with Crippen LogP contribution in [-0.4, -0.2) is 65.8 Å². The van der Waals surface area contributed by atoms with Gasteiger partial charge in [-0.05, 0) is 32.3 Å². The smallest absolute Gasteiger partial charge is 0.237 e. The summed E-state index contributed by atoms with van der Waals surface area (Å²) in [5.41, 5.74) is 0.300. The summed E-state index contributed by atoms with van der Waals surface area (Å²) in [7, 11) is 0. The third-order valence-corrected chi connectivity index (χ3v) is 5.25. The molecule has 1 aliphatic rings. The van der Waals surface area contributed by atoms with Gasteiger partial charge in [-0.3, -0.25) is 14.5 Å². The molecule has 1 aromatic carbocycles. The zero-order valence-electron chi connectivity index (χ0n) is 17.4. The number of carbonyl (C=O) groups is 2. The number of amides is 2. The summed E-state index contributed by atoms with van der Waals surface area (Å²) >= 11 is 0. The molecule has 1 saturated heterocycles. The molecule has 1 aromatic rings. The number of hydrogen-bond donors (Lipinski definition) is 0. The minimum atomic E-state index is -0.994. The Morgan fingerprint density at radius 1 is 0.963 bits per heavy atom. The van der Waals surface area contributed by atoms with Gasteiger partial charge in [0.2, 0.25) is 11.8 Å². The van der Waals surface area contributed by atoms with Gasteiger partial charge in [-0.25, -0.2) is 0 Å². The Balaban J connectivity index is 1.93. The summed E-state index contributed by atoms with van der Waals surface area (Å²) in [6, 6.07) is 10.4. The van der Waals surface area contributed by atoms with E-state index in [1.54, 1.807) is 13.8 Å². The summed E-state index contributed by atoms with van der Waals surface area (Å²) < 4.78 is 0. The van der Waals surface area contributed by atoms with E-state index in [2.05, 4.69) is 43.0 Å². The number of hydrogen-bond acceptors (Lipinski definition) is 3. The van der Waals surface area contributed by atoms with Gasteiger partial charge >= 0.3 is 0 Å². The molecule has 27 heavy (non-hydrogen) atoms. The van der Waals surface area contributed by atoms with Crippen LogP contribution in [0.4, 0.5) is 0 Å². The zero-order chi connectivity index (χ0) is 19.9. The minimum absolute atomic E-state index is 0.0379. The maximum absolute atomic E-state index is 13.1. The molecule has 150 valence electrons. The third kappa shape index (κ3) is 5.55. The topological polar surface area (TPSA) is 43.9 Å². The minimum Gasteiger partial charge on any atom is -0.342 e. The molecule has 5 nitrogen and oxygen atoms in total. The molecule has 0 aromatic heterocycles. The van der Waals surface area contributed by atoms with Crippen LogP contribution in [0.3, 0.4) is 0 Å². The number of benzene rings is 1. The van der Waals surface area contributed by atoms with Crippen LogP contribution in [-0.2, 0) is 16.1 Å². The summed E-state index contributed by atoms with van der Waals surface area (Å²) in [6.45, 7) is 13.1. The first-order chi connectivity index (χ1) is 12.9. The van der Waals surface area contributed by atoms with Crippen LogP contribution in [0, 0.1) is 5.41 Å². The first-order valence-corrected chi connectivity index (χ1v) is 10.2. The summed E-state index contributed by atoms with van der Waals surface area (Å²) in [5, 5.41) is 0. The van der Waals surface area contributed by atoms with E-state index < -0.39 is 5.41 Å². The molecule has 2 amide bonds. The molecule has 0 saturated carbocycles. The molecule has 0 atom stereocenters. The Morgan fingerprint density at radius 2 is 1.52 bits per heavy atom. The standard InChI is InChI=1S/C22H35N3O2/c1-5-12-24(13-6-2)20(26)22(3,4)21(27)25-16-14-23(15-17-25)18-19-10-8-7-9-11-19/h7-11H,5-6,12-18H2,1-4H3. The van der Waals surface area contributed by atoms with Crippen molar-refractivity contribution in [3.8, 4) is 0 Å². The van der Waals surface area contributed by atoms with Gasteiger partial charge in [0.25, 0.3) is 0 Å². The second-order valence-corrected chi connectivity index (χ2v) is 7.97. The van der Waals surface area contributed by atoms with Crippen LogP contribution in [0.25, 0.3) is 0 Å². The van der Waals surface area contributed by atoms with E-state index in [4.69, 9.17) is 0 Å². The van der Waals surface area contributed by atoms with Crippen molar-refractivity contribution in [1.82, 2.24) is 14.7 Å². The number of piperazine rings is 1. The van der Waals surface area contributed by atoms with Crippen LogP contribution in [0.5, 0.6) is 0 Å². The number of nitrogens with zero attached hydrogens (tertiary/aromatic N) is 3. The largest absolute Gasteiger partial charge is 0.342 e. The predicted octanol–water partition coefficient (Wildman–Crippen LogP) is 3.01. The fraction of sp³-hybridized carbons (Fsp3) is 0.636. The van der Waals surface area contributed by atoms with E-state index in [0.29, 0.717) is 26.2 Å². The average molecular weight is 374 g/mol. The highest BCUT2D eigenvalue weighted by atomic mass is 16.2. The second-order valence-electron chi connectivity index (χ2n) is 7.97. The van der Waals surface area contributed by atoms with Crippen LogP contribution in [0.2, 0.25) is 0 Å². The van der Waals surface area contributed by atoms with E-state index >= 15 is 0 Å². The number of rotatable bonds is 8. The maximum atomic E-state index is 13.1. The predicted molar refractivity (Wildman–Crippen MR) is 109 cm³/mol. The van der Waals surface area contributed by atoms with Crippen molar-refractivity contribution >= 4 is 11.8 Å². The lowest BCUT2D eigenvalue weighted by atomic mass is 9.89. The van der Waals surface area contributed by atoms with E-state index in [1.165, 1.54) is 5.56 Å². The molecule has 1 heterocycles. The van der Waals surface area contributed by atoms with Gasteiger partial charge in [0, 0.05) is 45.8 Å². The first kappa shape index (κ1) is 21.4. The van der Waals surface area contributed by atoms with Crippen LogP contribution in [0.1, 0.15) is 46.1 Å². The molecule has 0 spiro atoms. The molecule has 0 unspecified atom stereocenters. The van der Waals surface area contributed by atoms with Gasteiger partial charge < -0.3 is 9.80 Å². The molecule has 0 radical (unpaired) electrons. The van der Waals surface area contributed by atoms with Gasteiger partial charge in [-0.2, -0.15) is 0 Å². The fourth-order valence-corrected chi connectivity index (χ4v) is 3.69. The van der Waals surface area contributed by atoms with Crippen LogP contribution >= 0.6 is 0 Å². The Bertz CT molecular complexity index is 601. The van der Waals surface area contributed by atoms with Gasteiger partial charge in [0.05, 0.1) is 0 Å². The molecule has 0 N–H and O–H groups in total. The Hall–Kier alpha value is -1.88. The second kappa shape index (κ2) is 9.88. The maximum Gasteiger partial charge on any atom is 0.237 e. The quantitative estimate of drug-likeness (QED) is 0.658. The van der Waals surface area contributed by atoms with Crippen molar-refractivity contribution in [3.63, 3.8) is 0 Å². The van der Waals surface area contributed by atoms with Crippen molar-refractivity contribution < 1.29 is 9.59 Å². The summed E-state index contributed by atoms with van der Waals surface area (Å²) in [6.07, 6.45) is 1.82. The summed E-state index contributed by atoms with van der Waals surface area (Å²) in [4.78, 5) is 32.2. The summed E-state index contributed by atoms with van der Waals surface area (Å²) in [5.74, 6) is -0.0769. The van der Waals surface area contributed by atoms with E-state index in [-0.39, 0.29) is 11.8 Å². The van der Waals surface area contributed by atoms with E-state index in [9.17, 15) is 9.59 Å². The van der Waals surface area contributed by atoms with Gasteiger partial charge in [0.1, 0.15) is 5.41 Å². The van der Waals surface area contributed by atoms with E-state index in [1.807, 2.05) is 15.9 Å². The average Bonchev–Trinajstić information content (AvgIpc) is 2.68. The molecule has 2 rings (SSSR count). The van der Waals surface area contributed by atoms with Crippen molar-refractivity contribution in [3.05, 3.63) is 35.9 Å². The molecule has 5 heteroatoms. The van der Waals surface area contributed by atoms with Gasteiger partial charge in [0.15, 0.2) is 0 Å². The SMILES string of the molecule is CCCN(CCC)C(=O)C(C)(C)C(=O)N1CCN(Cc2ccccc2)CC1. The van der Waals surface area contributed by atoms with Crippen molar-refractivity contribution in [2.75, 3.05) is 39.3 Å². The Labute approximate surface area is 164 Å². The molecular weight excluding hydrogens is 338 g/mol. The normalized spacial score (nSPS) is 15.6. The first-order valence-electron chi connectivity index (χ1n) is 10.2. The molecular formula is C22H35N3O2. The van der Waals surface area contributed by atoms with Crippen molar-refractivity contribution in [1.29, 1.82) is 0 Å². The van der Waals surface area contributed by atoms with Crippen molar-refractivity contribution in [2.24, 2.45) is 5.41 Å². The lowest BCUT2D eigenvalue weighted by Crippen LogP contribution is -2.56. The number of carbonyl (C=O) groups excluding carboxylic acids is 2. The van der Waals surface area contributed by atoms with Gasteiger partial charge in [-0.15, -0.1) is 0 Å². The van der Waals surface area contributed by atoms with Crippen LogP contribution < -0.4 is 0 Å². The third-order valence-electron chi connectivity index (χ3n) is 5.25. The Morgan fingerprint density at radius 3 is 2.04 bits per heavy atom. The molecule has 1 aliphatic heterocycles. The molecule has 1 fully saturated rings. The molecule has 0 aliphatic carbocycles. The zero-order valence-corrected chi connectivity index (χ0v) is 17.4. The van der Waals surface area contributed by atoms with Crippen LogP contribution in [0.15, 0.2) is 30.3 Å². The highest BCUT2D eigenvalue weighted by Gasteiger charge is 2.42. The lowest BCUT2D eigenvalue weighted by Gasteiger charge is -2.39. The van der Waals surface area contributed by atoms with Gasteiger partial charge in [-0.1, -0.05) is 44.2 Å². The highest BCUT2D eigenvalue weighted by Crippen LogP contribution is 2.24. The molecule has 0 bridgehead atoms. The highest BCUT2D eigenvalue weighted by molar-refractivity contribution is 6.04. The lowest BCUT2D eigenvalue weighted by molar-refractivity contribution is -0.155. The van der Waals surface area contributed by atoms with Crippen molar-refractivity contribution in [2.45, 2.75) is 47.1 Å². The van der Waals surface area contributed by atoms with E-state index in [0.717, 1.165) is 32.5 Å².